The first kappa shape index (κ1) is 17.7. The highest BCUT2D eigenvalue weighted by atomic mass is 19.1. The third-order valence-electron chi connectivity index (χ3n) is 5.72. The van der Waals surface area contributed by atoms with E-state index >= 15 is 0 Å². The van der Waals surface area contributed by atoms with Gasteiger partial charge < -0.3 is 0 Å². The van der Waals surface area contributed by atoms with E-state index in [0.717, 1.165) is 32.1 Å². The van der Waals surface area contributed by atoms with Gasteiger partial charge in [0.1, 0.15) is 0 Å². The zero-order valence-corrected chi connectivity index (χ0v) is 14.7. The first-order chi connectivity index (χ1) is 12.3. The zero-order valence-electron chi connectivity index (χ0n) is 14.7. The van der Waals surface area contributed by atoms with Crippen LogP contribution in [-0.2, 0) is 0 Å². The second-order valence-electron chi connectivity index (χ2n) is 7.23. The van der Waals surface area contributed by atoms with Crippen LogP contribution in [0.2, 0.25) is 0 Å². The molecule has 0 radical (unpaired) electrons. The van der Waals surface area contributed by atoms with Crippen molar-refractivity contribution >= 4 is 5.57 Å². The quantitative estimate of drug-likeness (QED) is 0.582. The number of nitriles is 1. The lowest BCUT2D eigenvalue weighted by Crippen LogP contribution is -2.31. The number of allylic oxidation sites excluding steroid dienone is 6. The first-order valence-electron chi connectivity index (χ1n) is 9.36. The molecule has 3 rings (SSSR count). The van der Waals surface area contributed by atoms with Crippen LogP contribution in [0.5, 0.6) is 0 Å². The van der Waals surface area contributed by atoms with Gasteiger partial charge in [-0.1, -0.05) is 60.7 Å². The molecule has 0 saturated heterocycles. The molecule has 0 bridgehead atoms. The van der Waals surface area contributed by atoms with E-state index in [1.807, 2.05) is 24.3 Å². The van der Waals surface area contributed by atoms with E-state index in [0.29, 0.717) is 18.3 Å². The summed E-state index contributed by atoms with van der Waals surface area (Å²) >= 11 is 0. The number of hydrogen-bond donors (Lipinski definition) is 0. The van der Waals surface area contributed by atoms with Crippen molar-refractivity contribution < 1.29 is 4.39 Å². The molecular formula is C23H26FN. The van der Waals surface area contributed by atoms with Gasteiger partial charge in [-0.15, -0.1) is 0 Å². The van der Waals surface area contributed by atoms with Crippen LogP contribution in [0.15, 0.2) is 60.7 Å². The minimum Gasteiger partial charge on any atom is -0.251 e. The minimum absolute atomic E-state index is 0.274. The smallest absolute Gasteiger partial charge is 0.0928 e. The van der Waals surface area contributed by atoms with Crippen LogP contribution < -0.4 is 0 Å². The second-order valence-corrected chi connectivity index (χ2v) is 7.23. The molecule has 0 spiro atoms. The fourth-order valence-corrected chi connectivity index (χ4v) is 4.15. The van der Waals surface area contributed by atoms with Crippen LogP contribution in [0.25, 0.3) is 5.57 Å². The third kappa shape index (κ3) is 4.10. The Morgan fingerprint density at radius 1 is 1.16 bits per heavy atom. The van der Waals surface area contributed by atoms with Crippen molar-refractivity contribution in [3.05, 3.63) is 66.3 Å². The van der Waals surface area contributed by atoms with Gasteiger partial charge in [-0.2, -0.15) is 5.26 Å². The number of rotatable bonds is 5. The number of hydrogen-bond acceptors (Lipinski definition) is 1. The van der Waals surface area contributed by atoms with Crippen LogP contribution >= 0.6 is 0 Å². The van der Waals surface area contributed by atoms with Crippen molar-refractivity contribution in [1.82, 2.24) is 0 Å². The summed E-state index contributed by atoms with van der Waals surface area (Å²) in [5, 5.41) is 9.90. The summed E-state index contributed by atoms with van der Waals surface area (Å²) in [5.41, 5.74) is 2.08. The van der Waals surface area contributed by atoms with Crippen molar-refractivity contribution in [3.8, 4) is 6.07 Å². The second kappa shape index (κ2) is 8.30. The lowest BCUT2D eigenvalue weighted by molar-refractivity contribution is 0.205. The molecule has 1 unspecified atom stereocenters. The number of benzene rings is 1. The molecule has 1 saturated carbocycles. The molecule has 2 heteroatoms. The Bertz CT molecular complexity index is 687. The van der Waals surface area contributed by atoms with Gasteiger partial charge in [0.05, 0.1) is 18.2 Å². The van der Waals surface area contributed by atoms with Gasteiger partial charge in [0.25, 0.3) is 0 Å². The summed E-state index contributed by atoms with van der Waals surface area (Å²) in [6.07, 6.45) is 16.4. The van der Waals surface area contributed by atoms with Crippen LogP contribution in [0.3, 0.4) is 0 Å². The van der Waals surface area contributed by atoms with Gasteiger partial charge in [-0.25, -0.2) is 0 Å². The Morgan fingerprint density at radius 2 is 1.92 bits per heavy atom. The number of halogens is 1. The van der Waals surface area contributed by atoms with E-state index in [4.69, 9.17) is 0 Å². The van der Waals surface area contributed by atoms with Gasteiger partial charge in [0.2, 0.25) is 0 Å². The monoisotopic (exact) mass is 335 g/mol. The Balaban J connectivity index is 1.64. The largest absolute Gasteiger partial charge is 0.251 e. The summed E-state index contributed by atoms with van der Waals surface area (Å²) in [4.78, 5) is 0. The molecule has 1 aromatic rings. The molecule has 1 fully saturated rings. The molecule has 0 aliphatic heterocycles. The lowest BCUT2D eigenvalue weighted by Gasteiger charge is -2.38. The van der Waals surface area contributed by atoms with E-state index < -0.39 is 0 Å². The van der Waals surface area contributed by atoms with Crippen molar-refractivity contribution in [2.24, 2.45) is 17.3 Å². The van der Waals surface area contributed by atoms with Gasteiger partial charge in [0, 0.05) is 0 Å². The van der Waals surface area contributed by atoms with Crippen LogP contribution in [0.1, 0.15) is 44.1 Å². The van der Waals surface area contributed by atoms with Gasteiger partial charge in [-0.3, -0.25) is 4.39 Å². The molecule has 2 aliphatic carbocycles. The number of alkyl halides is 1. The minimum atomic E-state index is -0.355. The Labute approximate surface area is 150 Å². The van der Waals surface area contributed by atoms with E-state index in [9.17, 15) is 9.65 Å². The normalized spacial score (nSPS) is 29.4. The van der Waals surface area contributed by atoms with Gasteiger partial charge in [-0.05, 0) is 61.5 Å². The van der Waals surface area contributed by atoms with Gasteiger partial charge >= 0.3 is 0 Å². The standard InChI is InChI=1S/C23H26FN/c24-17-5-4-6-19-9-11-22(12-10-19)23(18-25)15-13-21(14-16-23)20-7-2-1-3-8-20/h1-4,6-8,13-15,19,22H,5,9-12,16-17H2. The van der Waals surface area contributed by atoms with Crippen LogP contribution in [-0.4, -0.2) is 6.67 Å². The third-order valence-corrected chi connectivity index (χ3v) is 5.72. The maximum atomic E-state index is 12.2. The zero-order chi connectivity index (χ0) is 17.5. The Kier molecular flexibility index (Phi) is 5.87. The molecule has 0 N–H and O–H groups in total. The average Bonchev–Trinajstić information content (AvgIpc) is 2.69. The molecule has 2 aliphatic rings. The molecule has 1 aromatic carbocycles. The fourth-order valence-electron chi connectivity index (χ4n) is 4.15. The predicted octanol–water partition coefficient (Wildman–Crippen LogP) is 6.26. The predicted molar refractivity (Wildman–Crippen MR) is 101 cm³/mol. The molecule has 0 amide bonds. The summed E-state index contributed by atoms with van der Waals surface area (Å²) in [7, 11) is 0. The van der Waals surface area contributed by atoms with Crippen LogP contribution in [0.4, 0.5) is 4.39 Å². The van der Waals surface area contributed by atoms with E-state index in [1.54, 1.807) is 0 Å². The average molecular weight is 335 g/mol. The van der Waals surface area contributed by atoms with Gasteiger partial charge in [0.15, 0.2) is 0 Å². The van der Waals surface area contributed by atoms with Crippen molar-refractivity contribution in [2.75, 3.05) is 6.67 Å². The molecule has 0 aromatic heterocycles. The molecule has 0 heterocycles. The molecule has 130 valence electrons. The molecule has 1 atom stereocenters. The highest BCUT2D eigenvalue weighted by Crippen LogP contribution is 2.46. The summed E-state index contributed by atoms with van der Waals surface area (Å²) in [5.74, 6) is 0.981. The van der Waals surface area contributed by atoms with E-state index in [2.05, 4.69) is 42.5 Å². The molecular weight excluding hydrogens is 309 g/mol. The summed E-state index contributed by atoms with van der Waals surface area (Å²) in [6.45, 7) is -0.274. The van der Waals surface area contributed by atoms with E-state index in [-0.39, 0.29) is 12.1 Å². The topological polar surface area (TPSA) is 23.8 Å². The maximum absolute atomic E-state index is 12.2. The maximum Gasteiger partial charge on any atom is 0.0928 e. The number of nitrogens with zero attached hydrogens (tertiary/aromatic N) is 1. The molecule has 25 heavy (non-hydrogen) atoms. The summed E-state index contributed by atoms with van der Waals surface area (Å²) < 4.78 is 12.2. The Hall–Kier alpha value is -2.14. The van der Waals surface area contributed by atoms with Crippen molar-refractivity contribution in [3.63, 3.8) is 0 Å². The fraction of sp³-hybridized carbons (Fsp3) is 0.435. The highest BCUT2D eigenvalue weighted by Gasteiger charge is 2.39. The first-order valence-corrected chi connectivity index (χ1v) is 9.36. The van der Waals surface area contributed by atoms with Crippen LogP contribution in [0, 0.1) is 28.6 Å². The summed E-state index contributed by atoms with van der Waals surface area (Å²) in [6, 6.07) is 13.0. The Morgan fingerprint density at radius 3 is 2.52 bits per heavy atom. The van der Waals surface area contributed by atoms with E-state index in [1.165, 1.54) is 11.1 Å². The molecule has 1 nitrogen and oxygen atoms in total. The SMILES string of the molecule is N#CC1(C2CCC(C=CCCF)CC2)C=CC(c2ccccc2)=CC1. The highest BCUT2D eigenvalue weighted by molar-refractivity contribution is 5.75. The van der Waals surface area contributed by atoms with Crippen molar-refractivity contribution in [2.45, 2.75) is 38.5 Å². The van der Waals surface area contributed by atoms with Crippen molar-refractivity contribution in [1.29, 1.82) is 5.26 Å². The lowest BCUT2D eigenvalue weighted by atomic mass is 9.64.